The van der Waals surface area contributed by atoms with Gasteiger partial charge in [0, 0.05) is 12.6 Å². The van der Waals surface area contributed by atoms with E-state index >= 15 is 0 Å². The van der Waals surface area contributed by atoms with Crippen LogP contribution >= 0.6 is 0 Å². The van der Waals surface area contributed by atoms with Gasteiger partial charge in [0.1, 0.15) is 0 Å². The predicted octanol–water partition coefficient (Wildman–Crippen LogP) is 0.219. The highest BCUT2D eigenvalue weighted by Gasteiger charge is 2.26. The molecule has 0 spiro atoms. The van der Waals surface area contributed by atoms with Crippen LogP contribution in [-0.4, -0.2) is 43.7 Å². The van der Waals surface area contributed by atoms with Gasteiger partial charge in [0.2, 0.25) is 0 Å². The first-order chi connectivity index (χ1) is 6.67. The first kappa shape index (κ1) is 11.5. The number of carbonyl (C=O) groups excluding carboxylic acids is 1. The topological polar surface area (TPSA) is 55.6 Å². The highest BCUT2D eigenvalue weighted by Crippen LogP contribution is 2.21. The minimum atomic E-state index is -0.169. The molecular formula is C10H20N2O2. The molecule has 0 aromatic rings. The van der Waals surface area contributed by atoms with E-state index in [9.17, 15) is 4.79 Å². The molecule has 0 aromatic heterocycles. The number of hydrogen-bond donors (Lipinski definition) is 1. The van der Waals surface area contributed by atoms with Crippen LogP contribution in [0.1, 0.15) is 19.8 Å². The number of esters is 1. The van der Waals surface area contributed by atoms with E-state index in [-0.39, 0.29) is 5.97 Å². The zero-order valence-electron chi connectivity index (χ0n) is 9.03. The largest absolute Gasteiger partial charge is 0.468 e. The number of nitrogens with zero attached hydrogens (tertiary/aromatic N) is 1. The van der Waals surface area contributed by atoms with Gasteiger partial charge in [-0.15, -0.1) is 0 Å². The summed E-state index contributed by atoms with van der Waals surface area (Å²) in [5.41, 5.74) is 5.68. The lowest BCUT2D eigenvalue weighted by Crippen LogP contribution is -2.48. The molecule has 0 radical (unpaired) electrons. The monoisotopic (exact) mass is 200 g/mol. The molecule has 82 valence electrons. The van der Waals surface area contributed by atoms with E-state index in [0.717, 1.165) is 25.3 Å². The molecule has 0 amide bonds. The first-order valence-electron chi connectivity index (χ1n) is 5.18. The second-order valence-corrected chi connectivity index (χ2v) is 4.07. The Bertz CT molecular complexity index is 197. The van der Waals surface area contributed by atoms with Crippen molar-refractivity contribution in [1.82, 2.24) is 4.90 Å². The highest BCUT2D eigenvalue weighted by molar-refractivity contribution is 5.71. The van der Waals surface area contributed by atoms with Gasteiger partial charge in [0.25, 0.3) is 0 Å². The maximum absolute atomic E-state index is 11.1. The second-order valence-electron chi connectivity index (χ2n) is 4.07. The SMILES string of the molecule is COC(=O)CN1CCC(C)CC1CN. The molecule has 4 heteroatoms. The molecule has 0 aliphatic carbocycles. The normalized spacial score (nSPS) is 28.8. The van der Waals surface area contributed by atoms with Crippen LogP contribution in [0.15, 0.2) is 0 Å². The average Bonchev–Trinajstić information content (AvgIpc) is 2.20. The van der Waals surface area contributed by atoms with Crippen molar-refractivity contribution >= 4 is 5.97 Å². The molecule has 1 saturated heterocycles. The minimum Gasteiger partial charge on any atom is -0.468 e. The van der Waals surface area contributed by atoms with E-state index in [0.29, 0.717) is 19.1 Å². The maximum atomic E-state index is 11.1. The van der Waals surface area contributed by atoms with Gasteiger partial charge in [-0.1, -0.05) is 6.92 Å². The summed E-state index contributed by atoms with van der Waals surface area (Å²) in [5.74, 6) is 0.551. The second kappa shape index (κ2) is 5.32. The molecule has 0 aromatic carbocycles. The van der Waals surface area contributed by atoms with Gasteiger partial charge in [-0.3, -0.25) is 9.69 Å². The number of hydrogen-bond acceptors (Lipinski definition) is 4. The third-order valence-corrected chi connectivity index (χ3v) is 2.93. The van der Waals surface area contributed by atoms with Crippen molar-refractivity contribution in [3.63, 3.8) is 0 Å². The molecule has 1 fully saturated rings. The molecule has 2 unspecified atom stereocenters. The third-order valence-electron chi connectivity index (χ3n) is 2.93. The molecule has 1 heterocycles. The van der Waals surface area contributed by atoms with E-state index in [1.807, 2.05) is 0 Å². The van der Waals surface area contributed by atoms with Crippen LogP contribution in [0.25, 0.3) is 0 Å². The Morgan fingerprint density at radius 3 is 2.93 bits per heavy atom. The molecule has 2 N–H and O–H groups in total. The Balaban J connectivity index is 2.45. The summed E-state index contributed by atoms with van der Waals surface area (Å²) in [5, 5.41) is 0. The fourth-order valence-corrected chi connectivity index (χ4v) is 1.98. The van der Waals surface area contributed by atoms with Gasteiger partial charge in [-0.05, 0) is 25.3 Å². The number of ether oxygens (including phenoxy) is 1. The van der Waals surface area contributed by atoms with E-state index in [1.54, 1.807) is 0 Å². The number of nitrogens with two attached hydrogens (primary N) is 1. The lowest BCUT2D eigenvalue weighted by Gasteiger charge is -2.37. The lowest BCUT2D eigenvalue weighted by atomic mass is 9.92. The molecular weight excluding hydrogens is 180 g/mol. The quantitative estimate of drug-likeness (QED) is 0.662. The van der Waals surface area contributed by atoms with Crippen LogP contribution in [0.2, 0.25) is 0 Å². The zero-order valence-corrected chi connectivity index (χ0v) is 9.03. The van der Waals surface area contributed by atoms with Crippen LogP contribution in [-0.2, 0) is 9.53 Å². The average molecular weight is 200 g/mol. The van der Waals surface area contributed by atoms with Crippen molar-refractivity contribution in [3.8, 4) is 0 Å². The summed E-state index contributed by atoms with van der Waals surface area (Å²) in [6.45, 7) is 4.20. The molecule has 14 heavy (non-hydrogen) atoms. The van der Waals surface area contributed by atoms with E-state index in [1.165, 1.54) is 7.11 Å². The first-order valence-corrected chi connectivity index (χ1v) is 5.18. The highest BCUT2D eigenvalue weighted by atomic mass is 16.5. The lowest BCUT2D eigenvalue weighted by molar-refractivity contribution is -0.143. The minimum absolute atomic E-state index is 0.169. The van der Waals surface area contributed by atoms with Gasteiger partial charge >= 0.3 is 5.97 Å². The van der Waals surface area contributed by atoms with Crippen molar-refractivity contribution in [2.45, 2.75) is 25.8 Å². The van der Waals surface area contributed by atoms with Gasteiger partial charge < -0.3 is 10.5 Å². The van der Waals surface area contributed by atoms with E-state index in [2.05, 4.69) is 16.6 Å². The van der Waals surface area contributed by atoms with Crippen molar-refractivity contribution in [3.05, 3.63) is 0 Å². The summed E-state index contributed by atoms with van der Waals surface area (Å²) >= 11 is 0. The predicted molar refractivity (Wildman–Crippen MR) is 54.8 cm³/mol. The summed E-state index contributed by atoms with van der Waals surface area (Å²) in [4.78, 5) is 13.2. The third kappa shape index (κ3) is 2.96. The number of piperidine rings is 1. The molecule has 1 aliphatic rings. The fourth-order valence-electron chi connectivity index (χ4n) is 1.98. The van der Waals surface area contributed by atoms with Gasteiger partial charge in [-0.2, -0.15) is 0 Å². The zero-order chi connectivity index (χ0) is 10.6. The van der Waals surface area contributed by atoms with E-state index in [4.69, 9.17) is 5.73 Å². The molecule has 4 nitrogen and oxygen atoms in total. The van der Waals surface area contributed by atoms with Crippen LogP contribution in [0.5, 0.6) is 0 Å². The van der Waals surface area contributed by atoms with Crippen LogP contribution in [0.4, 0.5) is 0 Å². The molecule has 2 atom stereocenters. The summed E-state index contributed by atoms with van der Waals surface area (Å²) < 4.78 is 4.65. The van der Waals surface area contributed by atoms with Crippen molar-refractivity contribution in [2.75, 3.05) is 26.7 Å². The molecule has 1 aliphatic heterocycles. The molecule has 1 rings (SSSR count). The standard InChI is InChI=1S/C10H20N2O2/c1-8-3-4-12(7-10(13)14-2)9(5-8)6-11/h8-9H,3-7,11H2,1-2H3. The van der Waals surface area contributed by atoms with E-state index < -0.39 is 0 Å². The van der Waals surface area contributed by atoms with Crippen LogP contribution < -0.4 is 5.73 Å². The Hall–Kier alpha value is -0.610. The van der Waals surface area contributed by atoms with Gasteiger partial charge in [0.05, 0.1) is 13.7 Å². The fraction of sp³-hybridized carbons (Fsp3) is 0.900. The maximum Gasteiger partial charge on any atom is 0.319 e. The smallest absolute Gasteiger partial charge is 0.319 e. The number of likely N-dealkylation sites (tertiary alicyclic amines) is 1. The Morgan fingerprint density at radius 2 is 2.36 bits per heavy atom. The van der Waals surface area contributed by atoms with Crippen molar-refractivity contribution in [2.24, 2.45) is 11.7 Å². The Kier molecular flexibility index (Phi) is 4.35. The van der Waals surface area contributed by atoms with Gasteiger partial charge in [0.15, 0.2) is 0 Å². The summed E-state index contributed by atoms with van der Waals surface area (Å²) in [6, 6.07) is 0.345. The Morgan fingerprint density at radius 1 is 1.64 bits per heavy atom. The molecule has 0 saturated carbocycles. The van der Waals surface area contributed by atoms with Crippen molar-refractivity contribution < 1.29 is 9.53 Å². The number of carbonyl (C=O) groups is 1. The van der Waals surface area contributed by atoms with Crippen LogP contribution in [0, 0.1) is 5.92 Å². The van der Waals surface area contributed by atoms with Gasteiger partial charge in [-0.25, -0.2) is 0 Å². The number of methoxy groups -OCH3 is 1. The molecule has 0 bridgehead atoms. The number of rotatable bonds is 3. The van der Waals surface area contributed by atoms with Crippen LogP contribution in [0.3, 0.4) is 0 Å². The summed E-state index contributed by atoms with van der Waals surface area (Å²) in [6.07, 6.45) is 2.24. The summed E-state index contributed by atoms with van der Waals surface area (Å²) in [7, 11) is 1.42. The van der Waals surface area contributed by atoms with Crippen molar-refractivity contribution in [1.29, 1.82) is 0 Å². The Labute approximate surface area is 85.4 Å².